The largest absolute Gasteiger partial charge is 0.465 e. The maximum Gasteiger partial charge on any atom is 0.407 e. The minimum absolute atomic E-state index is 0.00882. The Balaban J connectivity index is 1.48. The van der Waals surface area contributed by atoms with Crippen LogP contribution < -0.4 is 10.2 Å². The summed E-state index contributed by atoms with van der Waals surface area (Å²) in [5.41, 5.74) is 2.01. The van der Waals surface area contributed by atoms with Gasteiger partial charge in [-0.2, -0.15) is 5.26 Å². The third kappa shape index (κ3) is 6.09. The predicted octanol–water partition coefficient (Wildman–Crippen LogP) is 3.25. The van der Waals surface area contributed by atoms with Gasteiger partial charge in [-0.1, -0.05) is 19.1 Å². The maximum atomic E-state index is 13.1. The molecule has 1 aliphatic rings. The van der Waals surface area contributed by atoms with E-state index in [4.69, 9.17) is 10.4 Å². The molecule has 0 radical (unpaired) electrons. The van der Waals surface area contributed by atoms with Crippen molar-refractivity contribution < 1.29 is 19.5 Å². The van der Waals surface area contributed by atoms with Gasteiger partial charge in [-0.15, -0.1) is 0 Å². The van der Waals surface area contributed by atoms with Gasteiger partial charge in [-0.25, -0.2) is 19.6 Å². The first kappa shape index (κ1) is 27.4. The van der Waals surface area contributed by atoms with Gasteiger partial charge < -0.3 is 25.1 Å². The van der Waals surface area contributed by atoms with Crippen LogP contribution in [0.25, 0.3) is 11.0 Å². The van der Waals surface area contributed by atoms with Crippen LogP contribution in [0.3, 0.4) is 0 Å². The Morgan fingerprint density at radius 3 is 2.62 bits per heavy atom. The lowest BCUT2D eigenvalue weighted by Crippen LogP contribution is -2.52. The molecule has 0 spiro atoms. The van der Waals surface area contributed by atoms with Crippen molar-refractivity contribution in [3.8, 4) is 6.07 Å². The monoisotopic (exact) mass is 532 g/mol. The summed E-state index contributed by atoms with van der Waals surface area (Å²) in [6, 6.07) is 10.6. The number of amides is 3. The minimum atomic E-state index is -0.975. The van der Waals surface area contributed by atoms with Crippen molar-refractivity contribution >= 4 is 40.6 Å². The number of likely N-dealkylation sites (tertiary alicyclic amines) is 1. The summed E-state index contributed by atoms with van der Waals surface area (Å²) >= 11 is 0. The van der Waals surface area contributed by atoms with E-state index in [1.54, 1.807) is 29.3 Å². The fourth-order valence-electron chi connectivity index (χ4n) is 4.83. The summed E-state index contributed by atoms with van der Waals surface area (Å²) in [5.74, 6) is 0.789. The Labute approximate surface area is 226 Å². The van der Waals surface area contributed by atoms with Crippen LogP contribution in [0.1, 0.15) is 25.3 Å². The average Bonchev–Trinajstić information content (AvgIpc) is 3.37. The zero-order valence-electron chi connectivity index (χ0n) is 22.2. The molecule has 1 fully saturated rings. The third-order valence-corrected chi connectivity index (χ3v) is 7.28. The smallest absolute Gasteiger partial charge is 0.407 e. The fourth-order valence-corrected chi connectivity index (χ4v) is 4.83. The summed E-state index contributed by atoms with van der Waals surface area (Å²) < 4.78 is 1.43. The van der Waals surface area contributed by atoms with Crippen molar-refractivity contribution in [1.82, 2.24) is 24.3 Å². The van der Waals surface area contributed by atoms with E-state index in [-0.39, 0.29) is 24.4 Å². The molecule has 1 saturated heterocycles. The second-order valence-corrected chi connectivity index (χ2v) is 9.82. The lowest BCUT2D eigenvalue weighted by atomic mass is 9.92. The molecule has 2 N–H and O–H groups in total. The molecular weight excluding hydrogens is 500 g/mol. The first-order valence-corrected chi connectivity index (χ1v) is 12.7. The number of carbonyl (C=O) groups is 3. The highest BCUT2D eigenvalue weighted by atomic mass is 16.4. The number of fused-ring (bicyclic) bond motifs is 1. The molecule has 3 amide bonds. The normalized spacial score (nSPS) is 16.9. The number of nitrogens with one attached hydrogen (secondary N) is 1. The summed E-state index contributed by atoms with van der Waals surface area (Å²) in [6.45, 7) is 3.64. The standard InChI is InChI=1S/C27H32N8O4/c1-18-9-14-34(23(36)8-12-28)16-22(18)33(3)24-21-11-15-35(25(21)30-17-29-24)26(37)31-20-6-4-19(5-7-20)10-13-32(2)27(38)39/h4-7,11,15,17-18,22H,8-10,13-14,16H2,1-3H3,(H,31,37)(H,38,39)/t18-,22+/m1/s1. The van der Waals surface area contributed by atoms with Crippen LogP contribution in [0.15, 0.2) is 42.9 Å². The molecular formula is C27H32N8O4. The van der Waals surface area contributed by atoms with Crippen LogP contribution in [0.5, 0.6) is 0 Å². The second-order valence-electron chi connectivity index (χ2n) is 9.82. The van der Waals surface area contributed by atoms with Gasteiger partial charge in [0, 0.05) is 45.6 Å². The number of anilines is 2. The minimum Gasteiger partial charge on any atom is -0.465 e. The number of likely N-dealkylation sites (N-methyl/N-ethyl adjacent to an activating group) is 2. The van der Waals surface area contributed by atoms with E-state index < -0.39 is 6.09 Å². The molecule has 2 atom stereocenters. The number of hydrogen-bond donors (Lipinski definition) is 2. The van der Waals surface area contributed by atoms with Crippen LogP contribution in [0.4, 0.5) is 21.1 Å². The zero-order valence-corrected chi connectivity index (χ0v) is 22.2. The van der Waals surface area contributed by atoms with Crippen LogP contribution in [-0.4, -0.2) is 87.2 Å². The van der Waals surface area contributed by atoms with E-state index in [0.29, 0.717) is 54.5 Å². The predicted molar refractivity (Wildman–Crippen MR) is 146 cm³/mol. The Bertz CT molecular complexity index is 1400. The Kier molecular flexibility index (Phi) is 8.29. The highest BCUT2D eigenvalue weighted by molar-refractivity contribution is 5.99. The molecule has 39 heavy (non-hydrogen) atoms. The van der Waals surface area contributed by atoms with Crippen LogP contribution in [0, 0.1) is 17.2 Å². The molecule has 3 heterocycles. The average molecular weight is 533 g/mol. The van der Waals surface area contributed by atoms with Crippen molar-refractivity contribution in [2.75, 3.05) is 43.9 Å². The zero-order chi connectivity index (χ0) is 28.1. The van der Waals surface area contributed by atoms with Crippen molar-refractivity contribution in [2.24, 2.45) is 5.92 Å². The lowest BCUT2D eigenvalue weighted by molar-refractivity contribution is -0.131. The summed E-state index contributed by atoms with van der Waals surface area (Å²) in [7, 11) is 3.45. The van der Waals surface area contributed by atoms with Gasteiger partial charge in [0.05, 0.1) is 17.5 Å². The second kappa shape index (κ2) is 11.8. The van der Waals surface area contributed by atoms with Crippen LogP contribution in [-0.2, 0) is 11.2 Å². The topological polar surface area (TPSA) is 148 Å². The molecule has 4 rings (SSSR count). The summed E-state index contributed by atoms with van der Waals surface area (Å²) in [5, 5.41) is 21.5. The van der Waals surface area contributed by atoms with Gasteiger partial charge in [-0.3, -0.25) is 9.36 Å². The number of piperidine rings is 1. The van der Waals surface area contributed by atoms with Gasteiger partial charge in [0.2, 0.25) is 5.91 Å². The van der Waals surface area contributed by atoms with E-state index in [1.807, 2.05) is 30.1 Å². The Hall–Kier alpha value is -4.66. The SMILES string of the molecule is C[C@@H]1CCN(C(=O)CC#N)C[C@@H]1N(C)c1ncnc2c1ccn2C(=O)Nc1ccc(CCN(C)C(=O)O)cc1. The van der Waals surface area contributed by atoms with E-state index in [0.717, 1.165) is 12.0 Å². The molecule has 1 aromatic carbocycles. The number of rotatable bonds is 7. The van der Waals surface area contributed by atoms with E-state index in [2.05, 4.69) is 22.2 Å². The van der Waals surface area contributed by atoms with Gasteiger partial charge in [-0.05, 0) is 42.5 Å². The first-order chi connectivity index (χ1) is 18.7. The number of carboxylic acid groups (broad SMARTS) is 1. The van der Waals surface area contributed by atoms with Crippen molar-refractivity contribution in [3.05, 3.63) is 48.4 Å². The van der Waals surface area contributed by atoms with E-state index >= 15 is 0 Å². The van der Waals surface area contributed by atoms with Crippen molar-refractivity contribution in [1.29, 1.82) is 5.26 Å². The number of nitrogens with zero attached hydrogens (tertiary/aromatic N) is 7. The number of hydrogen-bond acceptors (Lipinski definition) is 7. The first-order valence-electron chi connectivity index (χ1n) is 12.7. The molecule has 204 valence electrons. The van der Waals surface area contributed by atoms with Crippen molar-refractivity contribution in [3.63, 3.8) is 0 Å². The lowest BCUT2D eigenvalue weighted by Gasteiger charge is -2.42. The number of benzene rings is 1. The molecule has 0 bridgehead atoms. The highest BCUT2D eigenvalue weighted by Gasteiger charge is 2.33. The molecule has 2 aromatic heterocycles. The molecule has 0 aliphatic carbocycles. The number of aromatic nitrogens is 3. The molecule has 12 nitrogen and oxygen atoms in total. The third-order valence-electron chi connectivity index (χ3n) is 7.28. The van der Waals surface area contributed by atoms with E-state index in [9.17, 15) is 14.4 Å². The van der Waals surface area contributed by atoms with E-state index in [1.165, 1.54) is 22.8 Å². The molecule has 1 aliphatic heterocycles. The summed E-state index contributed by atoms with van der Waals surface area (Å²) in [6.07, 6.45) is 3.35. The highest BCUT2D eigenvalue weighted by Crippen LogP contribution is 2.30. The number of carbonyl (C=O) groups excluding carboxylic acids is 2. The van der Waals surface area contributed by atoms with Gasteiger partial charge in [0.1, 0.15) is 18.6 Å². The van der Waals surface area contributed by atoms with Gasteiger partial charge >= 0.3 is 12.1 Å². The summed E-state index contributed by atoms with van der Waals surface area (Å²) in [4.78, 5) is 50.3. The Morgan fingerprint density at radius 2 is 1.92 bits per heavy atom. The molecule has 12 heteroatoms. The van der Waals surface area contributed by atoms with Crippen LogP contribution >= 0.6 is 0 Å². The van der Waals surface area contributed by atoms with Crippen molar-refractivity contribution in [2.45, 2.75) is 32.2 Å². The quantitative estimate of drug-likeness (QED) is 0.471. The van der Waals surface area contributed by atoms with Gasteiger partial charge in [0.25, 0.3) is 0 Å². The Morgan fingerprint density at radius 1 is 1.18 bits per heavy atom. The van der Waals surface area contributed by atoms with Crippen LogP contribution in [0.2, 0.25) is 0 Å². The van der Waals surface area contributed by atoms with Gasteiger partial charge in [0.15, 0.2) is 5.65 Å². The number of nitriles is 1. The molecule has 0 unspecified atom stereocenters. The fraction of sp³-hybridized carbons (Fsp3) is 0.407. The maximum absolute atomic E-state index is 13.1. The molecule has 3 aromatic rings. The molecule has 0 saturated carbocycles.